The summed E-state index contributed by atoms with van der Waals surface area (Å²) in [6, 6.07) is 0. The van der Waals surface area contributed by atoms with E-state index in [0.29, 0.717) is 13.1 Å². The number of allylic oxidation sites excluding steroid dienone is 1. The number of hydrogen-bond acceptors (Lipinski definition) is 3. The lowest BCUT2D eigenvalue weighted by atomic mass is 10.4. The first kappa shape index (κ1) is 13.4. The molecular weight excluding hydrogens is 196 g/mol. The van der Waals surface area contributed by atoms with Gasteiger partial charge in [0, 0.05) is 31.8 Å². The van der Waals surface area contributed by atoms with Gasteiger partial charge in [0.1, 0.15) is 0 Å². The molecule has 5 heteroatoms. The van der Waals surface area contributed by atoms with E-state index in [1.165, 1.54) is 0 Å². The van der Waals surface area contributed by atoms with Crippen LogP contribution in [0.1, 0.15) is 6.92 Å². The van der Waals surface area contributed by atoms with Crippen LogP contribution in [0.3, 0.4) is 0 Å². The van der Waals surface area contributed by atoms with Gasteiger partial charge in [-0.25, -0.2) is 4.79 Å². The van der Waals surface area contributed by atoms with Gasteiger partial charge in [0.05, 0.1) is 0 Å². The van der Waals surface area contributed by atoms with Crippen molar-refractivity contribution in [1.82, 2.24) is 10.6 Å². The minimum absolute atomic E-state index is 0.398. The van der Waals surface area contributed by atoms with Gasteiger partial charge in [-0.2, -0.15) is 0 Å². The van der Waals surface area contributed by atoms with E-state index in [2.05, 4.69) is 10.6 Å². The molecule has 0 spiro atoms. The molecule has 84 valence electrons. The highest BCUT2D eigenvalue weighted by molar-refractivity contribution is 5.93. The SMILES string of the molecule is C/C=C/CNCCNC(=O)/C=C/C(=O)O. The van der Waals surface area contributed by atoms with Gasteiger partial charge in [-0.3, -0.25) is 4.79 Å². The molecule has 0 unspecified atom stereocenters. The van der Waals surface area contributed by atoms with E-state index >= 15 is 0 Å². The molecule has 0 fully saturated rings. The fourth-order valence-corrected chi connectivity index (χ4v) is 0.783. The van der Waals surface area contributed by atoms with Crippen LogP contribution in [0, 0.1) is 0 Å². The molecule has 0 aliphatic heterocycles. The van der Waals surface area contributed by atoms with Crippen LogP contribution in [-0.2, 0) is 9.59 Å². The highest BCUT2D eigenvalue weighted by Gasteiger charge is 1.94. The topological polar surface area (TPSA) is 78.4 Å². The standard InChI is InChI=1S/C10H16N2O3/c1-2-3-6-11-7-8-12-9(13)4-5-10(14)15/h2-5,11H,6-8H2,1H3,(H,12,13)(H,14,15)/b3-2+,5-4+. The Morgan fingerprint density at radius 2 is 2.00 bits per heavy atom. The van der Waals surface area contributed by atoms with Gasteiger partial charge >= 0.3 is 5.97 Å². The van der Waals surface area contributed by atoms with Crippen molar-refractivity contribution < 1.29 is 14.7 Å². The van der Waals surface area contributed by atoms with Crippen LogP contribution in [0.15, 0.2) is 24.3 Å². The third kappa shape index (κ3) is 10.3. The number of carboxylic acid groups (broad SMARTS) is 1. The fraction of sp³-hybridized carbons (Fsp3) is 0.400. The molecule has 0 saturated heterocycles. The van der Waals surface area contributed by atoms with Crippen molar-refractivity contribution in [3.05, 3.63) is 24.3 Å². The number of aliphatic carboxylic acids is 1. The molecule has 0 aromatic rings. The third-order valence-corrected chi connectivity index (χ3v) is 1.48. The Balaban J connectivity index is 3.43. The van der Waals surface area contributed by atoms with Crippen molar-refractivity contribution in [1.29, 1.82) is 0 Å². The van der Waals surface area contributed by atoms with Gasteiger partial charge in [-0.15, -0.1) is 0 Å². The molecule has 0 aliphatic carbocycles. The summed E-state index contributed by atoms with van der Waals surface area (Å²) in [6.07, 6.45) is 5.70. The predicted octanol–water partition coefficient (Wildman–Crippen LogP) is -0.0909. The molecule has 0 rings (SSSR count). The second-order valence-corrected chi connectivity index (χ2v) is 2.74. The van der Waals surface area contributed by atoms with Crippen molar-refractivity contribution in [2.45, 2.75) is 6.92 Å². The minimum atomic E-state index is -1.13. The van der Waals surface area contributed by atoms with E-state index in [4.69, 9.17) is 5.11 Å². The lowest BCUT2D eigenvalue weighted by Gasteiger charge is -2.02. The van der Waals surface area contributed by atoms with Crippen molar-refractivity contribution in [3.63, 3.8) is 0 Å². The smallest absolute Gasteiger partial charge is 0.328 e. The largest absolute Gasteiger partial charge is 0.478 e. The molecule has 0 heterocycles. The van der Waals surface area contributed by atoms with E-state index in [1.54, 1.807) is 0 Å². The molecule has 0 aromatic heterocycles. The summed E-state index contributed by atoms with van der Waals surface area (Å²) in [6.45, 7) is 3.81. The fourth-order valence-electron chi connectivity index (χ4n) is 0.783. The minimum Gasteiger partial charge on any atom is -0.478 e. The lowest BCUT2D eigenvalue weighted by Crippen LogP contribution is -2.30. The third-order valence-electron chi connectivity index (χ3n) is 1.48. The van der Waals surface area contributed by atoms with E-state index in [1.807, 2.05) is 19.1 Å². The molecule has 0 atom stereocenters. The molecule has 0 aliphatic rings. The normalized spacial score (nSPS) is 11.0. The summed E-state index contributed by atoms with van der Waals surface area (Å²) in [5, 5.41) is 13.8. The maximum Gasteiger partial charge on any atom is 0.328 e. The molecule has 15 heavy (non-hydrogen) atoms. The Hall–Kier alpha value is -1.62. The van der Waals surface area contributed by atoms with Gasteiger partial charge in [-0.05, 0) is 6.92 Å². The van der Waals surface area contributed by atoms with Crippen LogP contribution in [0.4, 0.5) is 0 Å². The maximum absolute atomic E-state index is 10.9. The molecule has 0 saturated carbocycles. The molecular formula is C10H16N2O3. The zero-order valence-corrected chi connectivity index (χ0v) is 8.69. The number of hydrogen-bond donors (Lipinski definition) is 3. The monoisotopic (exact) mass is 212 g/mol. The average molecular weight is 212 g/mol. The quantitative estimate of drug-likeness (QED) is 0.313. The zero-order chi connectivity index (χ0) is 11.5. The summed E-state index contributed by atoms with van der Waals surface area (Å²) in [5.41, 5.74) is 0. The maximum atomic E-state index is 10.9. The van der Waals surface area contributed by atoms with Crippen molar-refractivity contribution in [3.8, 4) is 0 Å². The molecule has 0 bridgehead atoms. The Kier molecular flexibility index (Phi) is 7.99. The molecule has 3 N–H and O–H groups in total. The molecule has 5 nitrogen and oxygen atoms in total. The van der Waals surface area contributed by atoms with E-state index in [-0.39, 0.29) is 0 Å². The number of amides is 1. The first-order valence-corrected chi connectivity index (χ1v) is 4.67. The molecule has 1 amide bonds. The van der Waals surface area contributed by atoms with Crippen LogP contribution in [-0.4, -0.2) is 36.6 Å². The summed E-state index contributed by atoms with van der Waals surface area (Å²) < 4.78 is 0. The summed E-state index contributed by atoms with van der Waals surface area (Å²) in [5.74, 6) is -1.53. The summed E-state index contributed by atoms with van der Waals surface area (Å²) in [7, 11) is 0. The van der Waals surface area contributed by atoms with E-state index in [9.17, 15) is 9.59 Å². The predicted molar refractivity (Wildman–Crippen MR) is 57.5 cm³/mol. The highest BCUT2D eigenvalue weighted by atomic mass is 16.4. The zero-order valence-electron chi connectivity index (χ0n) is 8.69. The van der Waals surface area contributed by atoms with Crippen LogP contribution in [0.2, 0.25) is 0 Å². The van der Waals surface area contributed by atoms with Crippen molar-refractivity contribution in [2.75, 3.05) is 19.6 Å². The van der Waals surface area contributed by atoms with Crippen LogP contribution >= 0.6 is 0 Å². The summed E-state index contributed by atoms with van der Waals surface area (Å²) in [4.78, 5) is 21.0. The van der Waals surface area contributed by atoms with E-state index in [0.717, 1.165) is 18.7 Å². The average Bonchev–Trinajstić information content (AvgIpc) is 2.20. The summed E-state index contributed by atoms with van der Waals surface area (Å²) >= 11 is 0. The first-order chi connectivity index (χ1) is 7.16. The highest BCUT2D eigenvalue weighted by Crippen LogP contribution is 1.74. The van der Waals surface area contributed by atoms with Gasteiger partial charge in [0.2, 0.25) is 5.91 Å². The Labute approximate surface area is 88.9 Å². The van der Waals surface area contributed by atoms with Crippen LogP contribution < -0.4 is 10.6 Å². The Morgan fingerprint density at radius 1 is 1.27 bits per heavy atom. The second kappa shape index (κ2) is 8.96. The van der Waals surface area contributed by atoms with Gasteiger partial charge < -0.3 is 15.7 Å². The van der Waals surface area contributed by atoms with Crippen LogP contribution in [0.5, 0.6) is 0 Å². The number of carbonyl (C=O) groups is 2. The molecule has 0 radical (unpaired) electrons. The number of carbonyl (C=O) groups excluding carboxylic acids is 1. The van der Waals surface area contributed by atoms with E-state index < -0.39 is 11.9 Å². The van der Waals surface area contributed by atoms with Crippen molar-refractivity contribution >= 4 is 11.9 Å². The van der Waals surface area contributed by atoms with Gasteiger partial charge in [0.25, 0.3) is 0 Å². The van der Waals surface area contributed by atoms with Gasteiger partial charge in [0.15, 0.2) is 0 Å². The van der Waals surface area contributed by atoms with Gasteiger partial charge in [-0.1, -0.05) is 12.2 Å². The Bertz CT molecular complexity index is 259. The Morgan fingerprint density at radius 3 is 2.60 bits per heavy atom. The number of carboxylic acids is 1. The second-order valence-electron chi connectivity index (χ2n) is 2.74. The lowest BCUT2D eigenvalue weighted by molar-refractivity contribution is -0.131. The van der Waals surface area contributed by atoms with Crippen LogP contribution in [0.25, 0.3) is 0 Å². The van der Waals surface area contributed by atoms with Crippen molar-refractivity contribution in [2.24, 2.45) is 0 Å². The molecule has 0 aromatic carbocycles. The first-order valence-electron chi connectivity index (χ1n) is 4.67. The number of rotatable bonds is 7. The number of nitrogens with one attached hydrogen (secondary N) is 2.